The van der Waals surface area contributed by atoms with Crippen LogP contribution in [0.15, 0.2) is 45.1 Å². The number of benzene rings is 1. The highest BCUT2D eigenvalue weighted by atomic mass is 19.1. The van der Waals surface area contributed by atoms with Crippen molar-refractivity contribution >= 4 is 11.8 Å². The van der Waals surface area contributed by atoms with Gasteiger partial charge in [-0.05, 0) is 24.6 Å². The van der Waals surface area contributed by atoms with Crippen molar-refractivity contribution in [2.45, 2.75) is 12.8 Å². The van der Waals surface area contributed by atoms with Gasteiger partial charge in [0.15, 0.2) is 0 Å². The molecule has 26 heavy (non-hydrogen) atoms. The van der Waals surface area contributed by atoms with Crippen molar-refractivity contribution < 1.29 is 13.9 Å². The number of nitrogens with zero attached hydrogens (tertiary/aromatic N) is 2. The van der Waals surface area contributed by atoms with Gasteiger partial charge in [0.25, 0.3) is 5.56 Å². The molecule has 0 amide bonds. The molecule has 136 valence electrons. The molecule has 0 spiro atoms. The van der Waals surface area contributed by atoms with Crippen LogP contribution in [0.1, 0.15) is 24.0 Å². The number of fused-ring (bicyclic) bond motifs is 1. The number of hydrogen-bond acceptors (Lipinski definition) is 5. The van der Waals surface area contributed by atoms with Gasteiger partial charge in [0.1, 0.15) is 11.6 Å². The molecule has 0 bridgehead atoms. The highest BCUT2D eigenvalue weighted by molar-refractivity contribution is 5.94. The second-order valence-electron chi connectivity index (χ2n) is 6.11. The molecule has 1 aromatic carbocycles. The van der Waals surface area contributed by atoms with E-state index in [0.29, 0.717) is 17.1 Å². The molecular formula is C18H18FN3O4. The molecule has 3 rings (SSSR count). The lowest BCUT2D eigenvalue weighted by Gasteiger charge is -2.30. The SMILES string of the molecule is COC(=O)C1=C(C)Nc2c(c(=O)n(C)c(=O)n2C)C1c1ccc(F)cc1. The molecule has 1 N–H and O–H groups in total. The third kappa shape index (κ3) is 2.54. The highest BCUT2D eigenvalue weighted by Gasteiger charge is 2.37. The smallest absolute Gasteiger partial charge is 0.336 e. The number of allylic oxidation sites excluding steroid dienone is 1. The summed E-state index contributed by atoms with van der Waals surface area (Å²) in [5.41, 5.74) is 0.452. The summed E-state index contributed by atoms with van der Waals surface area (Å²) in [6.45, 7) is 1.66. The lowest BCUT2D eigenvalue weighted by Crippen LogP contribution is -2.43. The van der Waals surface area contributed by atoms with E-state index in [-0.39, 0.29) is 11.1 Å². The van der Waals surface area contributed by atoms with E-state index in [2.05, 4.69) is 5.32 Å². The zero-order valence-corrected chi connectivity index (χ0v) is 14.8. The van der Waals surface area contributed by atoms with Crippen molar-refractivity contribution in [1.29, 1.82) is 0 Å². The molecule has 2 aromatic rings. The number of halogens is 1. The topological polar surface area (TPSA) is 82.3 Å². The molecule has 0 saturated carbocycles. The van der Waals surface area contributed by atoms with Gasteiger partial charge < -0.3 is 10.1 Å². The van der Waals surface area contributed by atoms with Crippen molar-refractivity contribution in [3.8, 4) is 0 Å². The Morgan fingerprint density at radius 3 is 2.35 bits per heavy atom. The Morgan fingerprint density at radius 1 is 1.15 bits per heavy atom. The number of carbonyl (C=O) groups excluding carboxylic acids is 1. The molecule has 1 unspecified atom stereocenters. The number of carbonyl (C=O) groups is 1. The first-order valence-corrected chi connectivity index (χ1v) is 7.89. The van der Waals surface area contributed by atoms with Crippen LogP contribution in [-0.2, 0) is 23.6 Å². The van der Waals surface area contributed by atoms with E-state index in [0.717, 1.165) is 4.57 Å². The lowest BCUT2D eigenvalue weighted by atomic mass is 9.82. The van der Waals surface area contributed by atoms with E-state index >= 15 is 0 Å². The zero-order valence-electron chi connectivity index (χ0n) is 14.8. The van der Waals surface area contributed by atoms with E-state index in [4.69, 9.17) is 4.74 Å². The monoisotopic (exact) mass is 359 g/mol. The van der Waals surface area contributed by atoms with Crippen LogP contribution in [-0.4, -0.2) is 22.2 Å². The van der Waals surface area contributed by atoms with Crippen molar-refractivity contribution in [2.75, 3.05) is 12.4 Å². The second kappa shape index (κ2) is 6.29. The minimum Gasteiger partial charge on any atom is -0.466 e. The van der Waals surface area contributed by atoms with Gasteiger partial charge in [-0.1, -0.05) is 12.1 Å². The van der Waals surface area contributed by atoms with Gasteiger partial charge >= 0.3 is 11.7 Å². The number of nitrogens with one attached hydrogen (secondary N) is 1. The number of aromatic nitrogens is 2. The summed E-state index contributed by atoms with van der Waals surface area (Å²) < 4.78 is 20.6. The first kappa shape index (κ1) is 17.7. The molecule has 1 atom stereocenters. The zero-order chi connectivity index (χ0) is 19.2. The molecule has 0 fully saturated rings. The number of hydrogen-bond donors (Lipinski definition) is 1. The van der Waals surface area contributed by atoms with Gasteiger partial charge in [-0.25, -0.2) is 14.0 Å². The number of anilines is 1. The van der Waals surface area contributed by atoms with Crippen molar-refractivity contribution in [3.05, 3.63) is 73.3 Å². The largest absolute Gasteiger partial charge is 0.466 e. The summed E-state index contributed by atoms with van der Waals surface area (Å²) in [5.74, 6) is -1.52. The summed E-state index contributed by atoms with van der Waals surface area (Å²) in [6.07, 6.45) is 0. The maximum absolute atomic E-state index is 13.4. The number of esters is 1. The minimum absolute atomic E-state index is 0.229. The molecule has 1 aliphatic heterocycles. The first-order valence-electron chi connectivity index (χ1n) is 7.89. The lowest BCUT2D eigenvalue weighted by molar-refractivity contribution is -0.136. The predicted molar refractivity (Wildman–Crippen MR) is 93.5 cm³/mol. The van der Waals surface area contributed by atoms with E-state index in [1.807, 2.05) is 0 Å². The number of ether oxygens (including phenoxy) is 1. The van der Waals surface area contributed by atoms with Gasteiger partial charge in [0.05, 0.1) is 24.2 Å². The van der Waals surface area contributed by atoms with Gasteiger partial charge in [-0.2, -0.15) is 0 Å². The Kier molecular flexibility index (Phi) is 4.27. The molecule has 7 nitrogen and oxygen atoms in total. The fraction of sp³-hybridized carbons (Fsp3) is 0.278. The van der Waals surface area contributed by atoms with Crippen molar-refractivity contribution in [2.24, 2.45) is 14.1 Å². The molecule has 1 aliphatic rings. The van der Waals surface area contributed by atoms with Gasteiger partial charge in [0.2, 0.25) is 0 Å². The summed E-state index contributed by atoms with van der Waals surface area (Å²) in [6, 6.07) is 5.53. The maximum Gasteiger partial charge on any atom is 0.336 e. The number of rotatable bonds is 2. The van der Waals surface area contributed by atoms with E-state index in [1.54, 1.807) is 6.92 Å². The molecule has 8 heteroatoms. The molecule has 0 radical (unpaired) electrons. The first-order chi connectivity index (χ1) is 12.3. The normalized spacial score (nSPS) is 16.1. The van der Waals surface area contributed by atoms with Crippen LogP contribution in [0.4, 0.5) is 10.2 Å². The van der Waals surface area contributed by atoms with E-state index in [1.165, 1.54) is 50.0 Å². The maximum atomic E-state index is 13.4. The summed E-state index contributed by atoms with van der Waals surface area (Å²) in [5, 5.41) is 2.97. The third-order valence-electron chi connectivity index (χ3n) is 4.60. The Morgan fingerprint density at radius 2 is 1.77 bits per heavy atom. The Hall–Kier alpha value is -3.16. The van der Waals surface area contributed by atoms with Crippen LogP contribution in [0.3, 0.4) is 0 Å². The van der Waals surface area contributed by atoms with Crippen LogP contribution >= 0.6 is 0 Å². The highest BCUT2D eigenvalue weighted by Crippen LogP contribution is 2.39. The van der Waals surface area contributed by atoms with E-state index in [9.17, 15) is 18.8 Å². The van der Waals surface area contributed by atoms with Gasteiger partial charge in [0, 0.05) is 19.8 Å². The molecular weight excluding hydrogens is 341 g/mol. The third-order valence-corrected chi connectivity index (χ3v) is 4.60. The predicted octanol–water partition coefficient (Wildman–Crippen LogP) is 1.23. The summed E-state index contributed by atoms with van der Waals surface area (Å²) >= 11 is 0. The average molecular weight is 359 g/mol. The molecule has 0 aliphatic carbocycles. The molecule has 0 saturated heterocycles. The Balaban J connectivity index is 2.41. The second-order valence-corrected chi connectivity index (χ2v) is 6.11. The Labute approximate surface area is 148 Å². The van der Waals surface area contributed by atoms with Crippen LogP contribution in [0.2, 0.25) is 0 Å². The van der Waals surface area contributed by atoms with Crippen LogP contribution in [0, 0.1) is 5.82 Å². The standard InChI is InChI=1S/C18H18FN3O4/c1-9-12(17(24)26-4)13(10-5-7-11(19)8-6-10)14-15(20-9)21(2)18(25)22(3)16(14)23/h5-8,13,20H,1-4H3. The van der Waals surface area contributed by atoms with Crippen molar-refractivity contribution in [3.63, 3.8) is 0 Å². The van der Waals surface area contributed by atoms with Crippen molar-refractivity contribution in [1.82, 2.24) is 9.13 Å². The fourth-order valence-electron chi connectivity index (χ4n) is 3.26. The van der Waals surface area contributed by atoms with Crippen LogP contribution in [0.5, 0.6) is 0 Å². The van der Waals surface area contributed by atoms with Gasteiger partial charge in [-0.3, -0.25) is 13.9 Å². The van der Waals surface area contributed by atoms with Gasteiger partial charge in [-0.15, -0.1) is 0 Å². The van der Waals surface area contributed by atoms with E-state index < -0.39 is 29.0 Å². The van der Waals surface area contributed by atoms with Crippen LogP contribution < -0.4 is 16.6 Å². The quantitative estimate of drug-likeness (QED) is 0.816. The minimum atomic E-state index is -0.787. The summed E-state index contributed by atoms with van der Waals surface area (Å²) in [4.78, 5) is 37.5. The number of methoxy groups -OCH3 is 1. The fourth-order valence-corrected chi connectivity index (χ4v) is 3.26. The molecule has 2 heterocycles. The van der Waals surface area contributed by atoms with Crippen LogP contribution in [0.25, 0.3) is 0 Å². The molecule has 1 aromatic heterocycles. The average Bonchev–Trinajstić information content (AvgIpc) is 2.63. The Bertz CT molecular complexity index is 1050. The summed E-state index contributed by atoms with van der Waals surface area (Å²) in [7, 11) is 4.15.